The lowest BCUT2D eigenvalue weighted by atomic mass is 9.87. The predicted molar refractivity (Wildman–Crippen MR) is 143 cm³/mol. The van der Waals surface area contributed by atoms with Crippen molar-refractivity contribution in [2.24, 2.45) is 0 Å². The first-order valence-corrected chi connectivity index (χ1v) is 12.2. The quantitative estimate of drug-likeness (QED) is 0.357. The summed E-state index contributed by atoms with van der Waals surface area (Å²) in [7, 11) is 3.16. The monoisotopic (exact) mass is 492 g/mol. The first-order valence-electron chi connectivity index (χ1n) is 11.3. The second-order valence-electron chi connectivity index (χ2n) is 9.13. The number of hydrogen-bond donors (Lipinski definition) is 2. The summed E-state index contributed by atoms with van der Waals surface area (Å²) in [4.78, 5) is 26.4. The number of amides is 2. The fraction of sp³-hybridized carbons (Fsp3) is 0.286. The van der Waals surface area contributed by atoms with Crippen molar-refractivity contribution in [1.29, 1.82) is 0 Å². The molecule has 184 valence electrons. The van der Waals surface area contributed by atoms with Crippen LogP contribution in [0.1, 0.15) is 43.6 Å². The number of nitrogens with one attached hydrogen (secondary N) is 2. The summed E-state index contributed by atoms with van der Waals surface area (Å²) >= 11 is 1.42. The van der Waals surface area contributed by atoms with E-state index in [-0.39, 0.29) is 22.5 Å². The molecule has 0 spiro atoms. The molecule has 0 bridgehead atoms. The fourth-order valence-corrected chi connectivity index (χ4v) is 4.29. The molecule has 0 saturated carbocycles. The molecule has 2 N–H and O–H groups in total. The first kappa shape index (κ1) is 26.2. The van der Waals surface area contributed by atoms with Gasteiger partial charge in [0.2, 0.25) is 5.91 Å². The Morgan fingerprint density at radius 2 is 1.46 bits per heavy atom. The Morgan fingerprint density at radius 3 is 2.06 bits per heavy atom. The highest BCUT2D eigenvalue weighted by Crippen LogP contribution is 2.34. The van der Waals surface area contributed by atoms with E-state index in [1.807, 2.05) is 49.4 Å². The Morgan fingerprint density at radius 1 is 0.829 bits per heavy atom. The van der Waals surface area contributed by atoms with Crippen molar-refractivity contribution in [3.63, 3.8) is 0 Å². The summed E-state index contributed by atoms with van der Waals surface area (Å²) in [5.74, 6) is 0.900. The fourth-order valence-electron chi connectivity index (χ4n) is 3.39. The van der Waals surface area contributed by atoms with Gasteiger partial charge in [-0.25, -0.2) is 0 Å². The molecule has 0 aromatic heterocycles. The molecule has 0 heterocycles. The summed E-state index contributed by atoms with van der Waals surface area (Å²) in [5, 5.41) is 5.47. The lowest BCUT2D eigenvalue weighted by Gasteiger charge is -2.19. The van der Waals surface area contributed by atoms with Gasteiger partial charge < -0.3 is 20.1 Å². The van der Waals surface area contributed by atoms with Gasteiger partial charge in [-0.05, 0) is 66.4 Å². The van der Waals surface area contributed by atoms with E-state index >= 15 is 0 Å². The average molecular weight is 493 g/mol. The van der Waals surface area contributed by atoms with Gasteiger partial charge in [0.15, 0.2) is 11.5 Å². The van der Waals surface area contributed by atoms with Crippen LogP contribution in [0.5, 0.6) is 11.5 Å². The SMILES string of the molecule is COc1ccc(S[C@@H](C)C(=O)Nc2cccc(NC(=O)c3ccc(C(C)(C)C)cc3)c2)cc1OC. The molecule has 3 aromatic carbocycles. The zero-order valence-electron chi connectivity index (χ0n) is 21.0. The maximum Gasteiger partial charge on any atom is 0.255 e. The third kappa shape index (κ3) is 7.02. The van der Waals surface area contributed by atoms with Crippen LogP contribution in [0.3, 0.4) is 0 Å². The van der Waals surface area contributed by atoms with Crippen molar-refractivity contribution >= 4 is 35.0 Å². The molecule has 35 heavy (non-hydrogen) atoms. The topological polar surface area (TPSA) is 76.7 Å². The van der Waals surface area contributed by atoms with Crippen molar-refractivity contribution in [2.75, 3.05) is 24.9 Å². The van der Waals surface area contributed by atoms with Crippen molar-refractivity contribution in [2.45, 2.75) is 43.3 Å². The lowest BCUT2D eigenvalue weighted by Crippen LogP contribution is -2.22. The Kier molecular flexibility index (Phi) is 8.46. The molecule has 1 atom stereocenters. The number of ether oxygens (including phenoxy) is 2. The number of rotatable bonds is 8. The van der Waals surface area contributed by atoms with E-state index in [1.165, 1.54) is 17.3 Å². The van der Waals surface area contributed by atoms with Gasteiger partial charge in [-0.3, -0.25) is 9.59 Å². The molecule has 3 aromatic rings. The minimum absolute atomic E-state index is 0.0242. The standard InChI is InChI=1S/C28H32N2O4S/c1-18(35-23-14-15-24(33-5)25(17-23)34-6)26(31)29-21-8-7-9-22(16-21)30-27(32)19-10-12-20(13-11-19)28(2,3)4/h7-18H,1-6H3,(H,29,31)(H,30,32)/t18-/m0/s1. The van der Waals surface area contributed by atoms with Gasteiger partial charge >= 0.3 is 0 Å². The van der Waals surface area contributed by atoms with E-state index in [4.69, 9.17) is 9.47 Å². The molecular weight excluding hydrogens is 460 g/mol. The largest absolute Gasteiger partial charge is 0.493 e. The second-order valence-corrected chi connectivity index (χ2v) is 10.5. The Bertz CT molecular complexity index is 1190. The molecule has 0 fully saturated rings. The molecule has 0 unspecified atom stereocenters. The molecule has 0 saturated heterocycles. The van der Waals surface area contributed by atoms with Crippen LogP contribution in [0.25, 0.3) is 0 Å². The Labute approximate surface area is 211 Å². The van der Waals surface area contributed by atoms with E-state index in [1.54, 1.807) is 38.5 Å². The minimum atomic E-state index is -0.354. The van der Waals surface area contributed by atoms with Crippen LogP contribution in [0.2, 0.25) is 0 Å². The van der Waals surface area contributed by atoms with Gasteiger partial charge in [0.25, 0.3) is 5.91 Å². The van der Waals surface area contributed by atoms with Crippen LogP contribution in [-0.2, 0) is 10.2 Å². The lowest BCUT2D eigenvalue weighted by molar-refractivity contribution is -0.115. The first-order chi connectivity index (χ1) is 16.6. The Hall–Kier alpha value is -3.45. The Balaban J connectivity index is 1.62. The average Bonchev–Trinajstić information content (AvgIpc) is 2.83. The molecule has 0 aliphatic heterocycles. The van der Waals surface area contributed by atoms with E-state index in [0.29, 0.717) is 28.4 Å². The van der Waals surface area contributed by atoms with Gasteiger partial charge in [0.1, 0.15) is 0 Å². The third-order valence-electron chi connectivity index (χ3n) is 5.44. The molecule has 6 nitrogen and oxygen atoms in total. The van der Waals surface area contributed by atoms with E-state index in [9.17, 15) is 9.59 Å². The summed E-state index contributed by atoms with van der Waals surface area (Å²) in [6.07, 6.45) is 0. The van der Waals surface area contributed by atoms with E-state index in [0.717, 1.165) is 4.90 Å². The van der Waals surface area contributed by atoms with Crippen molar-refractivity contribution in [3.8, 4) is 11.5 Å². The minimum Gasteiger partial charge on any atom is -0.493 e. The summed E-state index contributed by atoms with van der Waals surface area (Å²) in [5.41, 5.74) is 2.98. The van der Waals surface area contributed by atoms with E-state index < -0.39 is 0 Å². The maximum absolute atomic E-state index is 12.8. The van der Waals surface area contributed by atoms with Crippen LogP contribution in [0, 0.1) is 0 Å². The van der Waals surface area contributed by atoms with Gasteiger partial charge in [0, 0.05) is 21.8 Å². The molecule has 2 amide bonds. The summed E-state index contributed by atoms with van der Waals surface area (Å²) in [6, 6.07) is 20.3. The highest BCUT2D eigenvalue weighted by atomic mass is 32.2. The molecule has 7 heteroatoms. The van der Waals surface area contributed by atoms with E-state index in [2.05, 4.69) is 31.4 Å². The van der Waals surface area contributed by atoms with Crippen LogP contribution < -0.4 is 20.1 Å². The molecule has 0 aliphatic rings. The zero-order valence-corrected chi connectivity index (χ0v) is 21.8. The van der Waals surface area contributed by atoms with Crippen molar-refractivity contribution < 1.29 is 19.1 Å². The normalized spacial score (nSPS) is 11.9. The smallest absolute Gasteiger partial charge is 0.255 e. The van der Waals surface area contributed by atoms with Crippen molar-refractivity contribution in [1.82, 2.24) is 0 Å². The third-order valence-corrected chi connectivity index (χ3v) is 6.53. The molecular formula is C28H32N2O4S. The van der Waals surface area contributed by atoms with Crippen LogP contribution in [-0.4, -0.2) is 31.3 Å². The number of benzene rings is 3. The predicted octanol–water partition coefficient (Wildman–Crippen LogP) is 6.37. The number of hydrogen-bond acceptors (Lipinski definition) is 5. The second kappa shape index (κ2) is 11.3. The molecule has 0 aliphatic carbocycles. The van der Waals surface area contributed by atoms with Crippen LogP contribution >= 0.6 is 11.8 Å². The van der Waals surface area contributed by atoms with Crippen LogP contribution in [0.15, 0.2) is 71.6 Å². The number of methoxy groups -OCH3 is 2. The van der Waals surface area contributed by atoms with Crippen molar-refractivity contribution in [3.05, 3.63) is 77.9 Å². The van der Waals surface area contributed by atoms with Gasteiger partial charge in [-0.1, -0.05) is 39.0 Å². The van der Waals surface area contributed by atoms with Gasteiger partial charge in [0.05, 0.1) is 19.5 Å². The summed E-state index contributed by atoms with van der Waals surface area (Å²) in [6.45, 7) is 8.24. The highest BCUT2D eigenvalue weighted by Gasteiger charge is 2.17. The molecule has 0 radical (unpaired) electrons. The number of carbonyl (C=O) groups excluding carboxylic acids is 2. The summed E-state index contributed by atoms with van der Waals surface area (Å²) < 4.78 is 10.6. The van der Waals surface area contributed by atoms with Crippen LogP contribution in [0.4, 0.5) is 11.4 Å². The van der Waals surface area contributed by atoms with Gasteiger partial charge in [-0.2, -0.15) is 0 Å². The highest BCUT2D eigenvalue weighted by molar-refractivity contribution is 8.00. The number of anilines is 2. The maximum atomic E-state index is 12.8. The van der Waals surface area contributed by atoms with Gasteiger partial charge in [-0.15, -0.1) is 11.8 Å². The number of thioether (sulfide) groups is 1. The zero-order chi connectivity index (χ0) is 25.6. The molecule has 3 rings (SSSR count). The number of carbonyl (C=O) groups is 2.